The Hall–Kier alpha value is -1.97. The van der Waals surface area contributed by atoms with Gasteiger partial charge in [-0.15, -0.1) is 0 Å². The number of para-hydroxylation sites is 2. The molecular formula is C14H16N2O2. The van der Waals surface area contributed by atoms with Crippen LogP contribution in [0.5, 0.6) is 11.5 Å². The summed E-state index contributed by atoms with van der Waals surface area (Å²) < 4.78 is 13.7. The maximum absolute atomic E-state index is 5.92. The van der Waals surface area contributed by atoms with Gasteiger partial charge in [-0.2, -0.15) is 0 Å². The first-order chi connectivity index (χ1) is 8.72. The van der Waals surface area contributed by atoms with E-state index in [1.807, 2.05) is 49.0 Å². The van der Waals surface area contributed by atoms with Gasteiger partial charge in [-0.1, -0.05) is 12.1 Å². The molecule has 1 aliphatic rings. The Morgan fingerprint density at radius 2 is 2.11 bits per heavy atom. The van der Waals surface area contributed by atoms with Crippen molar-refractivity contribution >= 4 is 0 Å². The van der Waals surface area contributed by atoms with Gasteiger partial charge in [-0.25, -0.2) is 4.98 Å². The van der Waals surface area contributed by atoms with E-state index < -0.39 is 0 Å². The van der Waals surface area contributed by atoms with E-state index in [1.165, 1.54) is 0 Å². The first-order valence-corrected chi connectivity index (χ1v) is 6.09. The number of nitrogens with zero attached hydrogens (tertiary/aromatic N) is 2. The van der Waals surface area contributed by atoms with E-state index in [-0.39, 0.29) is 6.10 Å². The SMILES string of the molecule is Cc1cn(C)c(CC2COc3ccccc3O2)n1. The summed E-state index contributed by atoms with van der Waals surface area (Å²) in [6.07, 6.45) is 2.81. The highest BCUT2D eigenvalue weighted by Gasteiger charge is 2.22. The smallest absolute Gasteiger partial charge is 0.161 e. The quantitative estimate of drug-likeness (QED) is 0.811. The van der Waals surface area contributed by atoms with Gasteiger partial charge < -0.3 is 14.0 Å². The van der Waals surface area contributed by atoms with Gasteiger partial charge >= 0.3 is 0 Å². The van der Waals surface area contributed by atoms with Gasteiger partial charge in [-0.3, -0.25) is 0 Å². The third kappa shape index (κ3) is 2.06. The van der Waals surface area contributed by atoms with Crippen LogP contribution >= 0.6 is 0 Å². The molecule has 0 saturated heterocycles. The van der Waals surface area contributed by atoms with Crippen LogP contribution in [0.4, 0.5) is 0 Å². The fraction of sp³-hybridized carbons (Fsp3) is 0.357. The van der Waals surface area contributed by atoms with Crippen molar-refractivity contribution in [3.05, 3.63) is 42.0 Å². The third-order valence-electron chi connectivity index (χ3n) is 3.07. The molecule has 0 amide bonds. The molecule has 2 aromatic rings. The molecule has 2 heterocycles. The Labute approximate surface area is 106 Å². The lowest BCUT2D eigenvalue weighted by atomic mass is 10.2. The highest BCUT2D eigenvalue weighted by atomic mass is 16.6. The predicted octanol–water partition coefficient (Wildman–Crippen LogP) is 2.11. The summed E-state index contributed by atoms with van der Waals surface area (Å²) in [6.45, 7) is 2.57. The second-order valence-electron chi connectivity index (χ2n) is 4.61. The van der Waals surface area contributed by atoms with Crippen LogP contribution in [0.2, 0.25) is 0 Å². The largest absolute Gasteiger partial charge is 0.486 e. The van der Waals surface area contributed by atoms with Crippen LogP contribution in [-0.4, -0.2) is 22.3 Å². The fourth-order valence-corrected chi connectivity index (χ4v) is 2.22. The van der Waals surface area contributed by atoms with Crippen molar-refractivity contribution in [2.45, 2.75) is 19.4 Å². The summed E-state index contributed by atoms with van der Waals surface area (Å²) in [6, 6.07) is 7.77. The minimum absolute atomic E-state index is 0.0281. The van der Waals surface area contributed by atoms with Crippen molar-refractivity contribution in [2.24, 2.45) is 7.05 Å². The number of hydrogen-bond donors (Lipinski definition) is 0. The summed E-state index contributed by atoms with van der Waals surface area (Å²) in [5.74, 6) is 2.67. The van der Waals surface area contributed by atoms with Gasteiger partial charge in [0.05, 0.1) is 5.69 Å². The number of imidazole rings is 1. The van der Waals surface area contributed by atoms with Crippen LogP contribution in [0.15, 0.2) is 30.5 Å². The van der Waals surface area contributed by atoms with E-state index >= 15 is 0 Å². The summed E-state index contributed by atoms with van der Waals surface area (Å²) in [7, 11) is 2.01. The van der Waals surface area contributed by atoms with Crippen LogP contribution in [0.25, 0.3) is 0 Å². The number of ether oxygens (including phenoxy) is 2. The molecule has 1 unspecified atom stereocenters. The molecule has 3 rings (SSSR count). The predicted molar refractivity (Wildman–Crippen MR) is 68.0 cm³/mol. The van der Waals surface area contributed by atoms with Gasteiger partial charge in [0.2, 0.25) is 0 Å². The molecule has 94 valence electrons. The van der Waals surface area contributed by atoms with Gasteiger partial charge in [0.1, 0.15) is 18.5 Å². The van der Waals surface area contributed by atoms with E-state index in [0.29, 0.717) is 6.61 Å². The molecular weight excluding hydrogens is 228 g/mol. The highest BCUT2D eigenvalue weighted by Crippen LogP contribution is 2.31. The molecule has 4 heteroatoms. The van der Waals surface area contributed by atoms with Crippen molar-refractivity contribution < 1.29 is 9.47 Å². The summed E-state index contributed by atoms with van der Waals surface area (Å²) >= 11 is 0. The first kappa shape index (κ1) is 11.1. The molecule has 0 aliphatic carbocycles. The van der Waals surface area contributed by atoms with Crippen molar-refractivity contribution in [3.63, 3.8) is 0 Å². The monoisotopic (exact) mass is 244 g/mol. The highest BCUT2D eigenvalue weighted by molar-refractivity contribution is 5.40. The molecule has 0 radical (unpaired) electrons. The second-order valence-corrected chi connectivity index (χ2v) is 4.61. The minimum Gasteiger partial charge on any atom is -0.486 e. The molecule has 0 N–H and O–H groups in total. The number of fused-ring (bicyclic) bond motifs is 1. The van der Waals surface area contributed by atoms with E-state index in [4.69, 9.17) is 9.47 Å². The Morgan fingerprint density at radius 3 is 2.83 bits per heavy atom. The first-order valence-electron chi connectivity index (χ1n) is 6.09. The molecule has 4 nitrogen and oxygen atoms in total. The van der Waals surface area contributed by atoms with Gasteiger partial charge in [0, 0.05) is 19.7 Å². The topological polar surface area (TPSA) is 36.3 Å². The van der Waals surface area contributed by atoms with E-state index in [2.05, 4.69) is 4.98 Å². The maximum atomic E-state index is 5.92. The molecule has 0 bridgehead atoms. The average Bonchev–Trinajstić information content (AvgIpc) is 2.68. The maximum Gasteiger partial charge on any atom is 0.161 e. The Balaban J connectivity index is 1.75. The molecule has 1 aromatic carbocycles. The summed E-state index contributed by atoms with van der Waals surface area (Å²) in [4.78, 5) is 4.49. The molecule has 0 spiro atoms. The zero-order valence-electron chi connectivity index (χ0n) is 10.6. The Kier molecular flexibility index (Phi) is 2.70. The number of benzene rings is 1. The lowest BCUT2D eigenvalue weighted by Crippen LogP contribution is -2.31. The summed E-state index contributed by atoms with van der Waals surface area (Å²) in [5, 5.41) is 0. The lowest BCUT2D eigenvalue weighted by molar-refractivity contribution is 0.0894. The fourth-order valence-electron chi connectivity index (χ4n) is 2.22. The molecule has 1 atom stereocenters. The van der Waals surface area contributed by atoms with Crippen LogP contribution in [0.3, 0.4) is 0 Å². The zero-order chi connectivity index (χ0) is 12.5. The van der Waals surface area contributed by atoms with Crippen LogP contribution in [0.1, 0.15) is 11.5 Å². The van der Waals surface area contributed by atoms with Crippen molar-refractivity contribution in [3.8, 4) is 11.5 Å². The van der Waals surface area contributed by atoms with Crippen molar-refractivity contribution in [2.75, 3.05) is 6.61 Å². The van der Waals surface area contributed by atoms with Crippen LogP contribution < -0.4 is 9.47 Å². The molecule has 1 aromatic heterocycles. The number of hydrogen-bond acceptors (Lipinski definition) is 3. The molecule has 18 heavy (non-hydrogen) atoms. The third-order valence-corrected chi connectivity index (χ3v) is 3.07. The van der Waals surface area contributed by atoms with E-state index in [9.17, 15) is 0 Å². The normalized spacial score (nSPS) is 17.8. The van der Waals surface area contributed by atoms with Gasteiger partial charge in [-0.05, 0) is 19.1 Å². The lowest BCUT2D eigenvalue weighted by Gasteiger charge is -2.26. The molecule has 0 saturated carbocycles. The average molecular weight is 244 g/mol. The number of aryl methyl sites for hydroxylation is 2. The number of rotatable bonds is 2. The Bertz CT molecular complexity index is 563. The van der Waals surface area contributed by atoms with Gasteiger partial charge in [0.15, 0.2) is 11.5 Å². The Morgan fingerprint density at radius 1 is 1.33 bits per heavy atom. The van der Waals surface area contributed by atoms with E-state index in [0.717, 1.165) is 29.4 Å². The minimum atomic E-state index is 0.0281. The van der Waals surface area contributed by atoms with Crippen molar-refractivity contribution in [1.29, 1.82) is 0 Å². The van der Waals surface area contributed by atoms with Crippen LogP contribution in [0, 0.1) is 6.92 Å². The van der Waals surface area contributed by atoms with Crippen LogP contribution in [-0.2, 0) is 13.5 Å². The zero-order valence-corrected chi connectivity index (χ0v) is 10.6. The van der Waals surface area contributed by atoms with Gasteiger partial charge in [0.25, 0.3) is 0 Å². The molecule has 1 aliphatic heterocycles. The standard InChI is InChI=1S/C14H16N2O2/c1-10-8-16(2)14(15-10)7-11-9-17-12-5-3-4-6-13(12)18-11/h3-6,8,11H,7,9H2,1-2H3. The second kappa shape index (κ2) is 4.37. The summed E-state index contributed by atoms with van der Waals surface area (Å²) in [5.41, 5.74) is 1.03. The number of aromatic nitrogens is 2. The van der Waals surface area contributed by atoms with Crippen molar-refractivity contribution in [1.82, 2.24) is 9.55 Å². The molecule has 0 fully saturated rings. The van der Waals surface area contributed by atoms with E-state index in [1.54, 1.807) is 0 Å².